The van der Waals surface area contributed by atoms with E-state index >= 15 is 0 Å². The molecular formula is C29H32N10O. The van der Waals surface area contributed by atoms with Gasteiger partial charge in [-0.05, 0) is 56.7 Å². The Labute approximate surface area is 231 Å². The Hall–Kier alpha value is -4.35. The van der Waals surface area contributed by atoms with Crippen molar-refractivity contribution in [3.8, 4) is 11.1 Å². The second-order valence-electron chi connectivity index (χ2n) is 10.7. The average Bonchev–Trinajstić information content (AvgIpc) is 3.64. The number of likely N-dealkylation sites (N-methyl/N-ethyl adjacent to an activating group) is 1. The van der Waals surface area contributed by atoms with Crippen molar-refractivity contribution in [2.75, 3.05) is 56.5 Å². The summed E-state index contributed by atoms with van der Waals surface area (Å²) in [6.45, 7) is 5.83. The molecule has 2 aliphatic heterocycles. The number of rotatable bonds is 5. The summed E-state index contributed by atoms with van der Waals surface area (Å²) in [5.74, 6) is 0.749. The summed E-state index contributed by atoms with van der Waals surface area (Å²) in [5.41, 5.74) is 4.82. The summed E-state index contributed by atoms with van der Waals surface area (Å²) >= 11 is 0. The molecule has 0 saturated carbocycles. The molecule has 2 saturated heterocycles. The summed E-state index contributed by atoms with van der Waals surface area (Å²) in [6.07, 6.45) is 10.9. The average molecular weight is 537 g/mol. The second-order valence-corrected chi connectivity index (χ2v) is 10.7. The number of hydrogen-bond donors (Lipinski definition) is 3. The van der Waals surface area contributed by atoms with E-state index in [0.717, 1.165) is 91.0 Å². The molecule has 2 aliphatic rings. The number of fused-ring (bicyclic) bond motifs is 2. The van der Waals surface area contributed by atoms with Crippen LogP contribution in [0.5, 0.6) is 0 Å². The molecule has 0 atom stereocenters. The second kappa shape index (κ2) is 10.3. The van der Waals surface area contributed by atoms with Gasteiger partial charge in [0.05, 0.1) is 29.0 Å². The fourth-order valence-corrected chi connectivity index (χ4v) is 5.72. The standard InChI is InChI=1S/C29H32N10O/c1-37-8-10-38(11-9-37)28-24-12-19(2-3-26(24)33-18-34-28)25-16-32-27-23(25)13-20(14-31-27)29(40)36-21-15-35-39(17-21)22-4-6-30-7-5-22/h2-3,12-18,22,30H,4-11H2,1H3,(H,31,32)(H,36,40). The van der Waals surface area contributed by atoms with Crippen molar-refractivity contribution < 1.29 is 4.79 Å². The third-order valence-electron chi connectivity index (χ3n) is 8.06. The van der Waals surface area contributed by atoms with E-state index < -0.39 is 0 Å². The van der Waals surface area contributed by atoms with E-state index in [9.17, 15) is 4.79 Å². The molecule has 1 amide bonds. The van der Waals surface area contributed by atoms with Gasteiger partial charge in [0.15, 0.2) is 0 Å². The molecule has 11 heteroatoms. The molecule has 7 rings (SSSR count). The minimum absolute atomic E-state index is 0.212. The molecule has 0 bridgehead atoms. The highest BCUT2D eigenvalue weighted by Gasteiger charge is 2.20. The molecule has 3 N–H and O–H groups in total. The van der Waals surface area contributed by atoms with Crippen LogP contribution in [0.1, 0.15) is 29.2 Å². The molecule has 1 aromatic carbocycles. The van der Waals surface area contributed by atoms with Crippen molar-refractivity contribution in [3.63, 3.8) is 0 Å². The molecule has 11 nitrogen and oxygen atoms in total. The maximum absolute atomic E-state index is 13.2. The van der Waals surface area contributed by atoms with Gasteiger partial charge in [-0.3, -0.25) is 9.48 Å². The maximum Gasteiger partial charge on any atom is 0.257 e. The van der Waals surface area contributed by atoms with Crippen LogP contribution in [0.4, 0.5) is 11.5 Å². The number of hydrogen-bond acceptors (Lipinski definition) is 8. The quantitative estimate of drug-likeness (QED) is 0.313. The van der Waals surface area contributed by atoms with Crippen molar-refractivity contribution in [3.05, 3.63) is 60.9 Å². The molecule has 204 valence electrons. The fraction of sp³-hybridized carbons (Fsp3) is 0.345. The number of pyridine rings is 1. The van der Waals surface area contributed by atoms with Crippen LogP contribution in [0.3, 0.4) is 0 Å². The molecular weight excluding hydrogens is 504 g/mol. The summed E-state index contributed by atoms with van der Waals surface area (Å²) in [7, 11) is 2.15. The highest BCUT2D eigenvalue weighted by Crippen LogP contribution is 2.33. The topological polar surface area (TPSA) is 120 Å². The largest absolute Gasteiger partial charge is 0.353 e. The van der Waals surface area contributed by atoms with Gasteiger partial charge >= 0.3 is 0 Å². The van der Waals surface area contributed by atoms with E-state index in [0.29, 0.717) is 17.3 Å². The smallest absolute Gasteiger partial charge is 0.257 e. The van der Waals surface area contributed by atoms with Gasteiger partial charge in [-0.15, -0.1) is 0 Å². The SMILES string of the molecule is CN1CCN(c2ncnc3ccc(-c4c[nH]c5ncc(C(=O)Nc6cnn(C7CCNCC7)c6)cc45)cc23)CC1. The molecule has 5 aromatic rings. The number of anilines is 2. The number of aromatic amines is 1. The summed E-state index contributed by atoms with van der Waals surface area (Å²) in [6, 6.07) is 8.50. The molecule has 0 aliphatic carbocycles. The fourth-order valence-electron chi connectivity index (χ4n) is 5.72. The van der Waals surface area contributed by atoms with Gasteiger partial charge in [-0.1, -0.05) is 6.07 Å². The maximum atomic E-state index is 13.2. The van der Waals surface area contributed by atoms with Crippen LogP contribution in [0, 0.1) is 0 Å². The van der Waals surface area contributed by atoms with Crippen molar-refractivity contribution in [2.24, 2.45) is 0 Å². The third-order valence-corrected chi connectivity index (χ3v) is 8.06. The number of amides is 1. The minimum Gasteiger partial charge on any atom is -0.353 e. The minimum atomic E-state index is -0.212. The van der Waals surface area contributed by atoms with E-state index in [2.05, 4.69) is 64.6 Å². The molecule has 6 heterocycles. The van der Waals surface area contributed by atoms with Crippen molar-refractivity contribution in [1.29, 1.82) is 0 Å². The monoisotopic (exact) mass is 536 g/mol. The van der Waals surface area contributed by atoms with Crippen LogP contribution in [-0.2, 0) is 0 Å². The van der Waals surface area contributed by atoms with Gasteiger partial charge in [-0.2, -0.15) is 5.10 Å². The highest BCUT2D eigenvalue weighted by molar-refractivity contribution is 6.07. The molecule has 2 fully saturated rings. The Morgan fingerprint density at radius 2 is 1.85 bits per heavy atom. The Kier molecular flexibility index (Phi) is 6.37. The molecule has 4 aromatic heterocycles. The van der Waals surface area contributed by atoms with Crippen LogP contribution in [0.15, 0.2) is 55.4 Å². The van der Waals surface area contributed by atoms with Gasteiger partial charge in [0.25, 0.3) is 5.91 Å². The lowest BCUT2D eigenvalue weighted by atomic mass is 10.0. The van der Waals surface area contributed by atoms with Gasteiger partial charge in [0.1, 0.15) is 17.8 Å². The molecule has 40 heavy (non-hydrogen) atoms. The van der Waals surface area contributed by atoms with Crippen LogP contribution >= 0.6 is 0 Å². The Morgan fingerprint density at radius 1 is 1.00 bits per heavy atom. The van der Waals surface area contributed by atoms with Crippen LogP contribution < -0.4 is 15.5 Å². The van der Waals surface area contributed by atoms with Crippen LogP contribution in [0.25, 0.3) is 33.1 Å². The van der Waals surface area contributed by atoms with Crippen molar-refractivity contribution in [2.45, 2.75) is 18.9 Å². The van der Waals surface area contributed by atoms with Crippen molar-refractivity contribution >= 4 is 39.3 Å². The van der Waals surface area contributed by atoms with E-state index in [1.165, 1.54) is 0 Å². The van der Waals surface area contributed by atoms with E-state index in [4.69, 9.17) is 0 Å². The number of nitrogens with one attached hydrogen (secondary N) is 3. The zero-order valence-electron chi connectivity index (χ0n) is 22.5. The number of piperazine rings is 1. The normalized spacial score (nSPS) is 17.1. The predicted molar refractivity (Wildman–Crippen MR) is 156 cm³/mol. The Bertz CT molecular complexity index is 1680. The number of aromatic nitrogens is 6. The van der Waals surface area contributed by atoms with E-state index in [1.807, 2.05) is 29.2 Å². The third kappa shape index (κ3) is 4.67. The van der Waals surface area contributed by atoms with Gasteiger partial charge in [-0.25, -0.2) is 15.0 Å². The molecule has 0 spiro atoms. The zero-order valence-corrected chi connectivity index (χ0v) is 22.5. The Morgan fingerprint density at radius 3 is 2.70 bits per heavy atom. The number of nitrogens with zero attached hydrogens (tertiary/aromatic N) is 7. The molecule has 0 unspecified atom stereocenters. The lowest BCUT2D eigenvalue weighted by molar-refractivity contribution is 0.102. The zero-order chi connectivity index (χ0) is 27.1. The van der Waals surface area contributed by atoms with Crippen LogP contribution in [0.2, 0.25) is 0 Å². The summed E-state index contributed by atoms with van der Waals surface area (Å²) < 4.78 is 1.96. The predicted octanol–water partition coefficient (Wildman–Crippen LogP) is 3.30. The van der Waals surface area contributed by atoms with Gasteiger partial charge in [0.2, 0.25) is 0 Å². The summed E-state index contributed by atoms with van der Waals surface area (Å²) in [5, 5.41) is 12.8. The first kappa shape index (κ1) is 24.7. The first-order valence-electron chi connectivity index (χ1n) is 13.8. The Balaban J connectivity index is 1.17. The highest BCUT2D eigenvalue weighted by atomic mass is 16.1. The molecule has 0 radical (unpaired) electrons. The number of piperidine rings is 1. The van der Waals surface area contributed by atoms with E-state index in [1.54, 1.807) is 18.7 Å². The van der Waals surface area contributed by atoms with Gasteiger partial charge in [0, 0.05) is 61.1 Å². The van der Waals surface area contributed by atoms with E-state index in [-0.39, 0.29) is 5.91 Å². The first-order chi connectivity index (χ1) is 19.6. The lowest BCUT2D eigenvalue weighted by Gasteiger charge is -2.33. The number of H-pyrrole nitrogens is 1. The first-order valence-corrected chi connectivity index (χ1v) is 13.8. The number of carbonyl (C=O) groups excluding carboxylic acids is 1. The van der Waals surface area contributed by atoms with Crippen molar-refractivity contribution in [1.82, 2.24) is 39.9 Å². The van der Waals surface area contributed by atoms with Gasteiger partial charge < -0.3 is 25.4 Å². The van der Waals surface area contributed by atoms with Crippen LogP contribution in [-0.4, -0.2) is 86.8 Å². The number of carbonyl (C=O) groups is 1. The lowest BCUT2D eigenvalue weighted by Crippen LogP contribution is -2.44. The summed E-state index contributed by atoms with van der Waals surface area (Å²) in [4.78, 5) is 34.9. The number of benzene rings is 1.